The number of hydrogen-bond acceptors (Lipinski definition) is 6. The van der Waals surface area contributed by atoms with Crippen molar-refractivity contribution < 1.29 is 23.8 Å². The summed E-state index contributed by atoms with van der Waals surface area (Å²) in [6.45, 7) is 0.622. The summed E-state index contributed by atoms with van der Waals surface area (Å²) in [5.41, 5.74) is 6.60. The number of benzene rings is 2. The Labute approximate surface area is 195 Å². The number of carbonyl (C=O) groups excluding carboxylic acids is 2. The average molecular weight is 471 g/mol. The molecule has 0 spiro atoms. The maximum Gasteiger partial charge on any atom is 0.319 e. The standard InChI is InChI=1S/C23H23ClN4O5/c1-31-10-11-32-19-7-5-15-18(8-9-26-21(15)20(19)22(25)29)33-14-4-6-17(16(24)12-14)28-23(30)27-13-2-3-13/h4-9,12-13H,2-3,10-11H2,1H3,(H2,25,29)(H2,27,28,30). The zero-order valence-corrected chi connectivity index (χ0v) is 18.6. The number of hydrogen-bond donors (Lipinski definition) is 3. The normalized spacial score (nSPS) is 12.9. The number of halogens is 1. The summed E-state index contributed by atoms with van der Waals surface area (Å²) in [7, 11) is 1.56. The predicted molar refractivity (Wildman–Crippen MR) is 124 cm³/mol. The zero-order valence-electron chi connectivity index (χ0n) is 17.9. The van der Waals surface area contributed by atoms with Gasteiger partial charge in [-0.25, -0.2) is 4.79 Å². The number of methoxy groups -OCH3 is 1. The summed E-state index contributed by atoms with van der Waals surface area (Å²) in [5.74, 6) is 0.552. The van der Waals surface area contributed by atoms with Gasteiger partial charge in [0.1, 0.15) is 29.4 Å². The van der Waals surface area contributed by atoms with Crippen LogP contribution < -0.4 is 25.8 Å². The molecule has 0 bridgehead atoms. The van der Waals surface area contributed by atoms with E-state index in [1.165, 1.54) is 6.20 Å². The highest BCUT2D eigenvalue weighted by molar-refractivity contribution is 6.33. The van der Waals surface area contributed by atoms with Gasteiger partial charge in [-0.05, 0) is 43.2 Å². The minimum Gasteiger partial charge on any atom is -0.490 e. The van der Waals surface area contributed by atoms with Gasteiger partial charge in [-0.15, -0.1) is 0 Å². The molecule has 2 aromatic carbocycles. The average Bonchev–Trinajstić information content (AvgIpc) is 3.59. The van der Waals surface area contributed by atoms with Crippen LogP contribution in [0.25, 0.3) is 10.9 Å². The Morgan fingerprint density at radius 3 is 2.67 bits per heavy atom. The summed E-state index contributed by atoms with van der Waals surface area (Å²) in [4.78, 5) is 28.4. The van der Waals surface area contributed by atoms with Crippen molar-refractivity contribution in [3.05, 3.63) is 53.2 Å². The fourth-order valence-corrected chi connectivity index (χ4v) is 3.43. The SMILES string of the molecule is COCCOc1ccc2c(Oc3ccc(NC(=O)NC4CC4)c(Cl)c3)ccnc2c1C(N)=O. The van der Waals surface area contributed by atoms with Crippen molar-refractivity contribution >= 4 is 40.1 Å². The van der Waals surface area contributed by atoms with Crippen LogP contribution in [0.5, 0.6) is 17.2 Å². The molecule has 10 heteroatoms. The molecule has 1 heterocycles. The molecule has 0 unspecified atom stereocenters. The number of primary amides is 1. The Balaban J connectivity index is 1.58. The van der Waals surface area contributed by atoms with Gasteiger partial charge in [-0.1, -0.05) is 11.6 Å². The van der Waals surface area contributed by atoms with Crippen molar-refractivity contribution in [3.8, 4) is 17.2 Å². The number of pyridine rings is 1. The Morgan fingerprint density at radius 1 is 1.15 bits per heavy atom. The molecule has 3 amide bonds. The van der Waals surface area contributed by atoms with E-state index >= 15 is 0 Å². The first-order valence-electron chi connectivity index (χ1n) is 10.3. The quantitative estimate of drug-likeness (QED) is 0.404. The van der Waals surface area contributed by atoms with Crippen LogP contribution in [-0.4, -0.2) is 43.3 Å². The Bertz CT molecular complexity index is 1200. The lowest BCUT2D eigenvalue weighted by Gasteiger charge is -2.14. The van der Waals surface area contributed by atoms with Crippen LogP contribution in [-0.2, 0) is 4.74 Å². The van der Waals surface area contributed by atoms with Crippen LogP contribution in [0.2, 0.25) is 5.02 Å². The summed E-state index contributed by atoms with van der Waals surface area (Å²) < 4.78 is 16.6. The lowest BCUT2D eigenvalue weighted by atomic mass is 10.1. The van der Waals surface area contributed by atoms with Gasteiger partial charge in [0, 0.05) is 30.8 Å². The van der Waals surface area contributed by atoms with E-state index in [0.717, 1.165) is 12.8 Å². The first-order valence-corrected chi connectivity index (χ1v) is 10.7. The van der Waals surface area contributed by atoms with Crippen molar-refractivity contribution in [2.45, 2.75) is 18.9 Å². The van der Waals surface area contributed by atoms with Crippen LogP contribution in [0.3, 0.4) is 0 Å². The zero-order chi connectivity index (χ0) is 23.4. The molecule has 9 nitrogen and oxygen atoms in total. The number of fused-ring (bicyclic) bond motifs is 1. The molecule has 0 atom stereocenters. The minimum atomic E-state index is -0.666. The van der Waals surface area contributed by atoms with E-state index in [9.17, 15) is 9.59 Å². The van der Waals surface area contributed by atoms with E-state index in [-0.39, 0.29) is 24.2 Å². The van der Waals surface area contributed by atoms with Crippen LogP contribution in [0.1, 0.15) is 23.2 Å². The van der Waals surface area contributed by atoms with Gasteiger partial charge < -0.3 is 30.6 Å². The van der Waals surface area contributed by atoms with Gasteiger partial charge in [0.15, 0.2) is 0 Å². The van der Waals surface area contributed by atoms with Crippen LogP contribution in [0.15, 0.2) is 42.6 Å². The second-order valence-electron chi connectivity index (χ2n) is 7.47. The number of aromatic nitrogens is 1. The molecule has 1 aliphatic carbocycles. The van der Waals surface area contributed by atoms with E-state index in [1.54, 1.807) is 43.5 Å². The van der Waals surface area contributed by atoms with Crippen LogP contribution >= 0.6 is 11.6 Å². The molecule has 4 rings (SSSR count). The molecule has 1 saturated carbocycles. The number of carbonyl (C=O) groups is 2. The maximum atomic E-state index is 12.2. The summed E-state index contributed by atoms with van der Waals surface area (Å²) in [6.07, 6.45) is 3.50. The number of amides is 3. The Kier molecular flexibility index (Phi) is 6.81. The Hall–Kier alpha value is -3.56. The van der Waals surface area contributed by atoms with Crippen molar-refractivity contribution in [1.82, 2.24) is 10.3 Å². The number of nitrogens with one attached hydrogen (secondary N) is 2. The van der Waals surface area contributed by atoms with Crippen LogP contribution in [0.4, 0.5) is 10.5 Å². The van der Waals surface area contributed by atoms with Crippen molar-refractivity contribution in [2.24, 2.45) is 5.73 Å². The molecule has 1 aliphatic rings. The molecule has 4 N–H and O–H groups in total. The molecule has 33 heavy (non-hydrogen) atoms. The second-order valence-corrected chi connectivity index (χ2v) is 7.87. The number of ether oxygens (including phenoxy) is 3. The van der Waals surface area contributed by atoms with Gasteiger partial charge in [0.25, 0.3) is 5.91 Å². The Morgan fingerprint density at radius 2 is 1.97 bits per heavy atom. The number of rotatable bonds is 9. The molecule has 1 aromatic heterocycles. The van der Waals surface area contributed by atoms with Gasteiger partial charge in [-0.2, -0.15) is 0 Å². The fourth-order valence-electron chi connectivity index (χ4n) is 3.22. The molecule has 0 aliphatic heterocycles. The summed E-state index contributed by atoms with van der Waals surface area (Å²) >= 11 is 6.34. The fraction of sp³-hybridized carbons (Fsp3) is 0.261. The number of urea groups is 1. The van der Waals surface area contributed by atoms with Gasteiger partial charge in [0.2, 0.25) is 0 Å². The molecule has 1 fully saturated rings. The largest absolute Gasteiger partial charge is 0.490 e. The first kappa shape index (κ1) is 22.6. The molecule has 0 radical (unpaired) electrons. The van der Waals surface area contributed by atoms with E-state index < -0.39 is 5.91 Å². The van der Waals surface area contributed by atoms with Gasteiger partial charge in [0.05, 0.1) is 22.8 Å². The lowest BCUT2D eigenvalue weighted by molar-refractivity contribution is 0.0994. The van der Waals surface area contributed by atoms with Crippen molar-refractivity contribution in [1.29, 1.82) is 0 Å². The highest BCUT2D eigenvalue weighted by Crippen LogP contribution is 2.36. The third-order valence-corrected chi connectivity index (χ3v) is 5.27. The molecule has 0 saturated heterocycles. The lowest BCUT2D eigenvalue weighted by Crippen LogP contribution is -2.30. The van der Waals surface area contributed by atoms with Gasteiger partial charge in [-0.3, -0.25) is 9.78 Å². The third kappa shape index (κ3) is 5.44. The van der Waals surface area contributed by atoms with E-state index in [2.05, 4.69) is 15.6 Å². The smallest absolute Gasteiger partial charge is 0.319 e. The van der Waals surface area contributed by atoms with E-state index in [1.807, 2.05) is 0 Å². The second kappa shape index (κ2) is 9.93. The predicted octanol–water partition coefficient (Wildman–Crippen LogP) is 4.09. The maximum absolute atomic E-state index is 12.2. The van der Waals surface area contributed by atoms with Crippen molar-refractivity contribution in [2.75, 3.05) is 25.6 Å². The molecular formula is C23H23ClN4O5. The molecule has 3 aromatic rings. The third-order valence-electron chi connectivity index (χ3n) is 4.96. The van der Waals surface area contributed by atoms with E-state index in [4.69, 9.17) is 31.5 Å². The number of nitrogens with zero attached hydrogens (tertiary/aromatic N) is 1. The first-order chi connectivity index (χ1) is 16.0. The highest BCUT2D eigenvalue weighted by atomic mass is 35.5. The molecular weight excluding hydrogens is 448 g/mol. The highest BCUT2D eigenvalue weighted by Gasteiger charge is 2.23. The minimum absolute atomic E-state index is 0.160. The topological polar surface area (TPSA) is 125 Å². The van der Waals surface area contributed by atoms with Crippen molar-refractivity contribution in [3.63, 3.8) is 0 Å². The van der Waals surface area contributed by atoms with Gasteiger partial charge >= 0.3 is 6.03 Å². The summed E-state index contributed by atoms with van der Waals surface area (Å²) in [6, 6.07) is 9.93. The molecule has 172 valence electrons. The van der Waals surface area contributed by atoms with Crippen LogP contribution in [0, 0.1) is 0 Å². The number of anilines is 1. The summed E-state index contributed by atoms with van der Waals surface area (Å²) in [5, 5.41) is 6.46. The monoisotopic (exact) mass is 470 g/mol. The van der Waals surface area contributed by atoms with E-state index in [0.29, 0.717) is 45.5 Å². The number of nitrogens with two attached hydrogens (primary N) is 1.